The highest BCUT2D eigenvalue weighted by Crippen LogP contribution is 2.18. The Morgan fingerprint density at radius 1 is 1.33 bits per heavy atom. The number of ether oxygens (including phenoxy) is 2. The highest BCUT2D eigenvalue weighted by molar-refractivity contribution is 5.07. The van der Waals surface area contributed by atoms with Crippen molar-refractivity contribution in [3.05, 3.63) is 0 Å². The number of nitrogens with one attached hydrogen (secondary N) is 1. The Kier molecular flexibility index (Phi) is 6.03. The highest BCUT2D eigenvalue weighted by atomic mass is 16.5. The molecule has 0 aliphatic carbocycles. The van der Waals surface area contributed by atoms with Crippen LogP contribution in [-0.4, -0.2) is 63.0 Å². The topological polar surface area (TPSA) is 57.5 Å². The molecule has 1 saturated heterocycles. The van der Waals surface area contributed by atoms with Crippen molar-refractivity contribution < 1.29 is 9.47 Å². The van der Waals surface area contributed by atoms with E-state index in [0.29, 0.717) is 6.54 Å². The average molecular weight is 255 g/mol. The van der Waals surface area contributed by atoms with Gasteiger partial charge in [-0.05, 0) is 19.9 Å². The van der Waals surface area contributed by atoms with E-state index in [-0.39, 0.29) is 12.2 Å². The zero-order chi connectivity index (χ0) is 13.6. The molecule has 0 bridgehead atoms. The maximum Gasteiger partial charge on any atom is 0.116 e. The van der Waals surface area contributed by atoms with Crippen LogP contribution < -0.4 is 5.32 Å². The van der Waals surface area contributed by atoms with E-state index in [2.05, 4.69) is 23.2 Å². The van der Waals surface area contributed by atoms with Crippen LogP contribution in [-0.2, 0) is 9.47 Å². The molecule has 0 aromatic carbocycles. The summed E-state index contributed by atoms with van der Waals surface area (Å²) in [6.07, 6.45) is 1.23. The predicted molar refractivity (Wildman–Crippen MR) is 70.3 cm³/mol. The quantitative estimate of drug-likeness (QED) is 0.722. The van der Waals surface area contributed by atoms with Gasteiger partial charge in [0.15, 0.2) is 0 Å². The van der Waals surface area contributed by atoms with Crippen molar-refractivity contribution in [3.8, 4) is 6.07 Å². The molecule has 0 amide bonds. The second-order valence-corrected chi connectivity index (χ2v) is 5.11. The summed E-state index contributed by atoms with van der Waals surface area (Å²) < 4.78 is 10.8. The number of nitrogens with zero attached hydrogens (tertiary/aromatic N) is 2. The first-order chi connectivity index (χ1) is 8.58. The molecule has 0 spiro atoms. The van der Waals surface area contributed by atoms with Gasteiger partial charge in [-0.3, -0.25) is 10.2 Å². The SMILES string of the molecule is CCCNC(C)(C#N)CN1CC(OC)C(OC)C1. The molecule has 3 atom stereocenters. The monoisotopic (exact) mass is 255 g/mol. The smallest absolute Gasteiger partial charge is 0.116 e. The van der Waals surface area contributed by atoms with Gasteiger partial charge < -0.3 is 9.47 Å². The largest absolute Gasteiger partial charge is 0.377 e. The van der Waals surface area contributed by atoms with Crippen molar-refractivity contribution in [1.29, 1.82) is 5.26 Å². The summed E-state index contributed by atoms with van der Waals surface area (Å²) in [5, 5.41) is 12.6. The van der Waals surface area contributed by atoms with Crippen molar-refractivity contribution >= 4 is 0 Å². The summed E-state index contributed by atoms with van der Waals surface area (Å²) in [7, 11) is 3.41. The Labute approximate surface area is 110 Å². The number of methoxy groups -OCH3 is 2. The van der Waals surface area contributed by atoms with Crippen LogP contribution in [0, 0.1) is 11.3 Å². The summed E-state index contributed by atoms with van der Waals surface area (Å²) >= 11 is 0. The molecule has 18 heavy (non-hydrogen) atoms. The number of likely N-dealkylation sites (tertiary alicyclic amines) is 1. The van der Waals surface area contributed by atoms with Crippen LogP contribution in [0.1, 0.15) is 20.3 Å². The summed E-state index contributed by atoms with van der Waals surface area (Å²) in [4.78, 5) is 2.23. The van der Waals surface area contributed by atoms with Gasteiger partial charge in [-0.2, -0.15) is 5.26 Å². The maximum absolute atomic E-state index is 9.32. The third-order valence-electron chi connectivity index (χ3n) is 3.45. The van der Waals surface area contributed by atoms with Crippen LogP contribution in [0.5, 0.6) is 0 Å². The van der Waals surface area contributed by atoms with Gasteiger partial charge in [0.1, 0.15) is 5.54 Å². The molecule has 3 unspecified atom stereocenters. The van der Waals surface area contributed by atoms with Crippen molar-refractivity contribution in [2.75, 3.05) is 40.4 Å². The molecule has 1 aliphatic heterocycles. The first-order valence-electron chi connectivity index (χ1n) is 6.52. The molecule has 0 aromatic heterocycles. The van der Waals surface area contributed by atoms with Gasteiger partial charge >= 0.3 is 0 Å². The normalized spacial score (nSPS) is 27.9. The van der Waals surface area contributed by atoms with E-state index in [9.17, 15) is 5.26 Å². The van der Waals surface area contributed by atoms with E-state index >= 15 is 0 Å². The minimum absolute atomic E-state index is 0.101. The third-order valence-corrected chi connectivity index (χ3v) is 3.45. The number of rotatable bonds is 7. The molecule has 5 heteroatoms. The van der Waals surface area contributed by atoms with E-state index in [0.717, 1.165) is 26.1 Å². The van der Waals surface area contributed by atoms with E-state index in [1.54, 1.807) is 14.2 Å². The molecule has 5 nitrogen and oxygen atoms in total. The fourth-order valence-corrected chi connectivity index (χ4v) is 2.38. The molecule has 0 saturated carbocycles. The lowest BCUT2D eigenvalue weighted by atomic mass is 10.0. The molecule has 0 aromatic rings. The van der Waals surface area contributed by atoms with Gasteiger partial charge in [0.05, 0.1) is 18.3 Å². The minimum Gasteiger partial charge on any atom is -0.377 e. The average Bonchev–Trinajstić information content (AvgIpc) is 2.78. The van der Waals surface area contributed by atoms with E-state index < -0.39 is 5.54 Å². The zero-order valence-corrected chi connectivity index (χ0v) is 11.9. The fourth-order valence-electron chi connectivity index (χ4n) is 2.38. The lowest BCUT2D eigenvalue weighted by molar-refractivity contribution is -0.00461. The predicted octanol–water partition coefficient (Wildman–Crippen LogP) is 0.614. The first kappa shape index (κ1) is 15.4. The van der Waals surface area contributed by atoms with Gasteiger partial charge in [-0.15, -0.1) is 0 Å². The van der Waals surface area contributed by atoms with Crippen molar-refractivity contribution in [3.63, 3.8) is 0 Å². The molecule has 1 rings (SSSR count). The summed E-state index contributed by atoms with van der Waals surface area (Å²) in [6.45, 7) is 7.25. The highest BCUT2D eigenvalue weighted by Gasteiger charge is 2.36. The second-order valence-electron chi connectivity index (χ2n) is 5.11. The molecule has 104 valence electrons. The van der Waals surface area contributed by atoms with Crippen molar-refractivity contribution in [2.45, 2.75) is 38.0 Å². The molecule has 1 heterocycles. The van der Waals surface area contributed by atoms with Crippen molar-refractivity contribution in [2.24, 2.45) is 0 Å². The number of nitriles is 1. The van der Waals surface area contributed by atoms with Crippen LogP contribution in [0.15, 0.2) is 0 Å². The Morgan fingerprint density at radius 3 is 2.28 bits per heavy atom. The summed E-state index contributed by atoms with van der Waals surface area (Å²) in [5.41, 5.74) is -0.503. The lowest BCUT2D eigenvalue weighted by Crippen LogP contribution is -2.50. The fraction of sp³-hybridized carbons (Fsp3) is 0.923. The summed E-state index contributed by atoms with van der Waals surface area (Å²) in [6, 6.07) is 2.37. The van der Waals surface area contributed by atoms with Gasteiger partial charge in [-0.25, -0.2) is 0 Å². The molecular formula is C13H25N3O2. The Hall–Kier alpha value is -0.670. The lowest BCUT2D eigenvalue weighted by Gasteiger charge is -2.28. The zero-order valence-electron chi connectivity index (χ0n) is 11.9. The third kappa shape index (κ3) is 3.92. The van der Waals surface area contributed by atoms with Gasteiger partial charge in [0, 0.05) is 33.9 Å². The van der Waals surface area contributed by atoms with Crippen LogP contribution in [0.4, 0.5) is 0 Å². The molecule has 1 N–H and O–H groups in total. The number of hydrogen-bond acceptors (Lipinski definition) is 5. The van der Waals surface area contributed by atoms with Crippen LogP contribution in [0.2, 0.25) is 0 Å². The first-order valence-corrected chi connectivity index (χ1v) is 6.52. The maximum atomic E-state index is 9.32. The van der Waals surface area contributed by atoms with Gasteiger partial charge in [-0.1, -0.05) is 6.92 Å². The Bertz CT molecular complexity index is 280. The van der Waals surface area contributed by atoms with E-state index in [4.69, 9.17) is 9.47 Å². The van der Waals surface area contributed by atoms with E-state index in [1.165, 1.54) is 0 Å². The summed E-state index contributed by atoms with van der Waals surface area (Å²) in [5.74, 6) is 0. The molecule has 1 fully saturated rings. The minimum atomic E-state index is -0.503. The standard InChI is InChI=1S/C13H25N3O2/c1-5-6-15-13(2,9-14)10-16-7-11(17-3)12(8-16)18-4/h11-12,15H,5-8,10H2,1-4H3. The van der Waals surface area contributed by atoms with Crippen LogP contribution in [0.3, 0.4) is 0 Å². The molecule has 1 aliphatic rings. The van der Waals surface area contributed by atoms with Crippen molar-refractivity contribution in [1.82, 2.24) is 10.2 Å². The molecule has 0 radical (unpaired) electrons. The second kappa shape index (κ2) is 7.05. The Morgan fingerprint density at radius 2 is 1.89 bits per heavy atom. The van der Waals surface area contributed by atoms with Gasteiger partial charge in [0.25, 0.3) is 0 Å². The van der Waals surface area contributed by atoms with Crippen LogP contribution >= 0.6 is 0 Å². The van der Waals surface area contributed by atoms with E-state index in [1.807, 2.05) is 6.92 Å². The molecular weight excluding hydrogens is 230 g/mol. The number of hydrogen-bond donors (Lipinski definition) is 1. The Balaban J connectivity index is 2.54. The van der Waals surface area contributed by atoms with Crippen LogP contribution in [0.25, 0.3) is 0 Å². The van der Waals surface area contributed by atoms with Gasteiger partial charge in [0.2, 0.25) is 0 Å².